The second-order valence-electron chi connectivity index (χ2n) is 17.9. The van der Waals surface area contributed by atoms with E-state index in [0.29, 0.717) is 19.4 Å². The second-order valence-corrected chi connectivity index (χ2v) is 17.9. The Morgan fingerprint density at radius 1 is 0.458 bits per heavy atom. The van der Waals surface area contributed by atoms with E-state index in [0.717, 1.165) is 70.6 Å². The molecule has 0 aliphatic heterocycles. The molecule has 1 amide bonds. The topological polar surface area (TPSA) is 95.9 Å². The van der Waals surface area contributed by atoms with Gasteiger partial charge >= 0.3 is 5.97 Å². The van der Waals surface area contributed by atoms with E-state index in [9.17, 15) is 19.8 Å². The first kappa shape index (κ1) is 57.3. The number of carbonyl (C=O) groups is 2. The van der Waals surface area contributed by atoms with Gasteiger partial charge in [-0.3, -0.25) is 9.59 Å². The van der Waals surface area contributed by atoms with Gasteiger partial charge in [0.25, 0.3) is 0 Å². The van der Waals surface area contributed by atoms with Gasteiger partial charge in [0.05, 0.1) is 25.4 Å². The van der Waals surface area contributed by atoms with Crippen molar-refractivity contribution in [2.75, 3.05) is 13.2 Å². The largest absolute Gasteiger partial charge is 0.466 e. The number of esters is 1. The zero-order valence-corrected chi connectivity index (χ0v) is 39.5. The SMILES string of the molecule is CCCCCCCCCCC/C=C/C(O)C(CO)NC(=O)CCCCCCCCC/C=C\CCCCCCOC(=O)CCCCCCCCCCCCCCCCCC. The summed E-state index contributed by atoms with van der Waals surface area (Å²) in [7, 11) is 0. The Bertz CT molecular complexity index is 920. The maximum Gasteiger partial charge on any atom is 0.305 e. The van der Waals surface area contributed by atoms with Crippen molar-refractivity contribution >= 4 is 11.9 Å². The van der Waals surface area contributed by atoms with Crippen molar-refractivity contribution in [1.29, 1.82) is 0 Å². The van der Waals surface area contributed by atoms with E-state index < -0.39 is 12.1 Å². The highest BCUT2D eigenvalue weighted by Gasteiger charge is 2.18. The molecule has 0 saturated heterocycles. The molecular formula is C53H101NO5. The van der Waals surface area contributed by atoms with Gasteiger partial charge in [-0.05, 0) is 57.8 Å². The number of aliphatic hydroxyl groups is 2. The normalized spacial score (nSPS) is 12.8. The van der Waals surface area contributed by atoms with Crippen LogP contribution < -0.4 is 5.32 Å². The summed E-state index contributed by atoms with van der Waals surface area (Å²) < 4.78 is 5.46. The standard InChI is InChI=1S/C53H101NO5/c1-3-5-7-9-11-13-15-16-17-20-23-27-31-35-39-43-47-53(58)59-48-44-40-36-32-28-24-21-18-19-22-26-30-34-38-42-46-52(57)54-50(49-55)51(56)45-41-37-33-29-25-14-12-10-8-6-4-2/h21,24,41,45,50-51,55-56H,3-20,22-23,25-40,42-44,46-49H2,1-2H3,(H,54,57)/b24-21-,45-41+. The lowest BCUT2D eigenvalue weighted by Crippen LogP contribution is -2.45. The van der Waals surface area contributed by atoms with Crippen LogP contribution in [0.25, 0.3) is 0 Å². The van der Waals surface area contributed by atoms with Gasteiger partial charge in [-0.1, -0.05) is 231 Å². The molecule has 0 heterocycles. The van der Waals surface area contributed by atoms with Crippen molar-refractivity contribution in [2.45, 2.75) is 289 Å². The average Bonchev–Trinajstić information content (AvgIpc) is 3.24. The Morgan fingerprint density at radius 2 is 0.797 bits per heavy atom. The minimum atomic E-state index is -0.852. The smallest absolute Gasteiger partial charge is 0.305 e. The number of ether oxygens (including phenoxy) is 1. The molecule has 0 saturated carbocycles. The molecule has 2 atom stereocenters. The Morgan fingerprint density at radius 3 is 1.20 bits per heavy atom. The van der Waals surface area contributed by atoms with Crippen LogP contribution in [0.1, 0.15) is 277 Å². The fraction of sp³-hybridized carbons (Fsp3) is 0.887. The van der Waals surface area contributed by atoms with Gasteiger partial charge in [0.1, 0.15) is 0 Å². The quantitative estimate of drug-likeness (QED) is 0.0322. The molecule has 0 aromatic heterocycles. The van der Waals surface area contributed by atoms with Gasteiger partial charge in [0, 0.05) is 12.8 Å². The maximum absolute atomic E-state index is 12.4. The van der Waals surface area contributed by atoms with Gasteiger partial charge < -0.3 is 20.3 Å². The van der Waals surface area contributed by atoms with Crippen molar-refractivity contribution < 1.29 is 24.5 Å². The molecule has 348 valence electrons. The minimum Gasteiger partial charge on any atom is -0.466 e. The van der Waals surface area contributed by atoms with Crippen LogP contribution in [0.3, 0.4) is 0 Å². The highest BCUT2D eigenvalue weighted by Crippen LogP contribution is 2.16. The van der Waals surface area contributed by atoms with Crippen LogP contribution in [0.4, 0.5) is 0 Å². The lowest BCUT2D eigenvalue weighted by Gasteiger charge is -2.20. The van der Waals surface area contributed by atoms with Crippen LogP contribution in [0.5, 0.6) is 0 Å². The number of hydrogen-bond acceptors (Lipinski definition) is 5. The van der Waals surface area contributed by atoms with Crippen LogP contribution in [0, 0.1) is 0 Å². The second kappa shape index (κ2) is 49.0. The summed E-state index contributed by atoms with van der Waals surface area (Å²) in [4.78, 5) is 24.4. The Balaban J connectivity index is 3.47. The van der Waals surface area contributed by atoms with Crippen LogP contribution in [-0.4, -0.2) is 47.4 Å². The molecule has 0 fully saturated rings. The van der Waals surface area contributed by atoms with Crippen LogP contribution in [-0.2, 0) is 14.3 Å². The van der Waals surface area contributed by atoms with E-state index in [-0.39, 0.29) is 18.5 Å². The summed E-state index contributed by atoms with van der Waals surface area (Å²) in [5.74, 6) is -0.0927. The number of allylic oxidation sites excluding steroid dienone is 3. The summed E-state index contributed by atoms with van der Waals surface area (Å²) in [6.45, 7) is 4.86. The highest BCUT2D eigenvalue weighted by atomic mass is 16.5. The molecule has 59 heavy (non-hydrogen) atoms. The highest BCUT2D eigenvalue weighted by molar-refractivity contribution is 5.76. The van der Waals surface area contributed by atoms with Gasteiger partial charge in [0.2, 0.25) is 5.91 Å². The molecule has 0 aliphatic carbocycles. The molecule has 0 bridgehead atoms. The van der Waals surface area contributed by atoms with E-state index >= 15 is 0 Å². The molecule has 0 radical (unpaired) electrons. The number of carbonyl (C=O) groups excluding carboxylic acids is 2. The first-order chi connectivity index (χ1) is 29.0. The Hall–Kier alpha value is -1.66. The number of amides is 1. The van der Waals surface area contributed by atoms with Gasteiger partial charge in [-0.2, -0.15) is 0 Å². The van der Waals surface area contributed by atoms with Gasteiger partial charge in [-0.25, -0.2) is 0 Å². The zero-order chi connectivity index (χ0) is 43.0. The van der Waals surface area contributed by atoms with E-state index in [1.807, 2.05) is 6.08 Å². The molecule has 6 heteroatoms. The number of nitrogens with one attached hydrogen (secondary N) is 1. The zero-order valence-electron chi connectivity index (χ0n) is 39.5. The summed E-state index contributed by atoms with van der Waals surface area (Å²) in [6, 6.07) is -0.637. The fourth-order valence-corrected chi connectivity index (χ4v) is 7.92. The first-order valence-corrected chi connectivity index (χ1v) is 26.1. The lowest BCUT2D eigenvalue weighted by atomic mass is 10.0. The molecule has 2 unspecified atom stereocenters. The summed E-state index contributed by atoms with van der Waals surface area (Å²) in [5.41, 5.74) is 0. The van der Waals surface area contributed by atoms with E-state index in [2.05, 4.69) is 31.3 Å². The van der Waals surface area contributed by atoms with Gasteiger partial charge in [0.15, 0.2) is 0 Å². The van der Waals surface area contributed by atoms with Crippen LogP contribution in [0.2, 0.25) is 0 Å². The summed E-state index contributed by atoms with van der Waals surface area (Å²) >= 11 is 0. The minimum absolute atomic E-state index is 0.00826. The predicted molar refractivity (Wildman–Crippen MR) is 255 cm³/mol. The molecule has 0 aliphatic rings. The molecule has 0 rings (SSSR count). The third-order valence-electron chi connectivity index (χ3n) is 12.0. The van der Waals surface area contributed by atoms with Gasteiger partial charge in [-0.15, -0.1) is 0 Å². The molecule has 0 aromatic rings. The summed E-state index contributed by atoms with van der Waals surface area (Å²) in [6.07, 6.45) is 57.5. The monoisotopic (exact) mass is 832 g/mol. The third kappa shape index (κ3) is 45.7. The molecule has 0 spiro atoms. The van der Waals surface area contributed by atoms with E-state index in [1.54, 1.807) is 6.08 Å². The third-order valence-corrected chi connectivity index (χ3v) is 12.0. The lowest BCUT2D eigenvalue weighted by molar-refractivity contribution is -0.143. The van der Waals surface area contributed by atoms with Crippen molar-refractivity contribution in [3.63, 3.8) is 0 Å². The van der Waals surface area contributed by atoms with E-state index in [4.69, 9.17) is 4.74 Å². The predicted octanol–water partition coefficient (Wildman–Crippen LogP) is 15.5. The number of hydrogen-bond donors (Lipinski definition) is 3. The number of aliphatic hydroxyl groups excluding tert-OH is 2. The molecule has 3 N–H and O–H groups in total. The molecule has 0 aromatic carbocycles. The van der Waals surface area contributed by atoms with E-state index in [1.165, 1.54) is 180 Å². The molecular weight excluding hydrogens is 731 g/mol. The van der Waals surface area contributed by atoms with Crippen LogP contribution in [0.15, 0.2) is 24.3 Å². The fourth-order valence-electron chi connectivity index (χ4n) is 7.92. The van der Waals surface area contributed by atoms with Crippen molar-refractivity contribution in [2.24, 2.45) is 0 Å². The van der Waals surface area contributed by atoms with Crippen molar-refractivity contribution in [3.8, 4) is 0 Å². The number of rotatable bonds is 48. The van der Waals surface area contributed by atoms with Crippen molar-refractivity contribution in [3.05, 3.63) is 24.3 Å². The van der Waals surface area contributed by atoms with Crippen molar-refractivity contribution in [1.82, 2.24) is 5.32 Å². The Kier molecular flexibility index (Phi) is 47.6. The van der Waals surface area contributed by atoms with Crippen LogP contribution >= 0.6 is 0 Å². The maximum atomic E-state index is 12.4. The Labute approximate surface area is 367 Å². The molecule has 6 nitrogen and oxygen atoms in total. The summed E-state index contributed by atoms with van der Waals surface area (Å²) in [5, 5.41) is 23.0. The first-order valence-electron chi connectivity index (χ1n) is 26.1. The number of unbranched alkanes of at least 4 members (excludes halogenated alkanes) is 35. The average molecular weight is 832 g/mol.